The van der Waals surface area contributed by atoms with Crippen molar-refractivity contribution in [3.8, 4) is 5.75 Å². The molecule has 29 heavy (non-hydrogen) atoms. The van der Waals surface area contributed by atoms with E-state index in [1.165, 1.54) is 12.1 Å². The standard InChI is InChI=1S/C24H20FN3O/c1-14-4-10-19(16(3)12-14)22-24(26-18-8-6-17(25)7-9-18)23(28-27-22)20-11-5-15(2)13-21(20)29/h4-13,29H,1-3H3. The zero-order chi connectivity index (χ0) is 20.5. The zero-order valence-corrected chi connectivity index (χ0v) is 16.4. The van der Waals surface area contributed by atoms with Gasteiger partial charge in [-0.2, -0.15) is 0 Å². The average Bonchev–Trinajstić information content (AvgIpc) is 3.07. The van der Waals surface area contributed by atoms with Crippen molar-refractivity contribution in [3.05, 3.63) is 94.3 Å². The summed E-state index contributed by atoms with van der Waals surface area (Å²) in [5, 5.41) is 19.2. The van der Waals surface area contributed by atoms with E-state index in [2.05, 4.69) is 16.3 Å². The van der Waals surface area contributed by atoms with Crippen LogP contribution >= 0.6 is 0 Å². The quantitative estimate of drug-likeness (QED) is 0.642. The number of rotatable bonds is 3. The van der Waals surface area contributed by atoms with Gasteiger partial charge in [0.1, 0.15) is 28.7 Å². The summed E-state index contributed by atoms with van der Waals surface area (Å²) in [6, 6.07) is 17.4. The van der Waals surface area contributed by atoms with Crippen LogP contribution in [0.15, 0.2) is 75.9 Å². The summed E-state index contributed by atoms with van der Waals surface area (Å²) < 4.78 is 13.3. The molecular weight excluding hydrogens is 365 g/mol. The summed E-state index contributed by atoms with van der Waals surface area (Å²) in [6.45, 7) is 5.96. The molecule has 5 heteroatoms. The highest BCUT2D eigenvalue weighted by atomic mass is 19.1. The van der Waals surface area contributed by atoms with Gasteiger partial charge in [0.05, 0.1) is 5.69 Å². The molecule has 0 fully saturated rings. The van der Waals surface area contributed by atoms with Crippen molar-refractivity contribution in [2.75, 3.05) is 0 Å². The van der Waals surface area contributed by atoms with Gasteiger partial charge in [-0.1, -0.05) is 29.8 Å². The van der Waals surface area contributed by atoms with Crippen molar-refractivity contribution >= 4 is 22.8 Å². The lowest BCUT2D eigenvalue weighted by Crippen LogP contribution is -2.22. The van der Waals surface area contributed by atoms with Crippen LogP contribution in [0.4, 0.5) is 10.1 Å². The van der Waals surface area contributed by atoms with Gasteiger partial charge in [0.15, 0.2) is 0 Å². The molecule has 0 atom stereocenters. The molecule has 4 nitrogen and oxygen atoms in total. The largest absolute Gasteiger partial charge is 0.507 e. The minimum atomic E-state index is -0.325. The van der Waals surface area contributed by atoms with Crippen LogP contribution in [-0.4, -0.2) is 22.2 Å². The highest BCUT2D eigenvalue weighted by molar-refractivity contribution is 6.76. The van der Waals surface area contributed by atoms with Gasteiger partial charge in [-0.05, 0) is 68.3 Å². The molecule has 0 radical (unpaired) electrons. The number of hydrogen-bond donors (Lipinski definition) is 1. The van der Waals surface area contributed by atoms with Crippen molar-refractivity contribution in [1.82, 2.24) is 0 Å². The number of aliphatic imine (C=N–C) groups is 1. The van der Waals surface area contributed by atoms with E-state index in [1.807, 2.05) is 45.0 Å². The van der Waals surface area contributed by atoms with Crippen molar-refractivity contribution in [3.63, 3.8) is 0 Å². The normalized spacial score (nSPS) is 14.8. The minimum Gasteiger partial charge on any atom is -0.507 e. The van der Waals surface area contributed by atoms with E-state index >= 15 is 0 Å². The van der Waals surface area contributed by atoms with E-state index in [9.17, 15) is 9.50 Å². The van der Waals surface area contributed by atoms with Crippen LogP contribution in [0.3, 0.4) is 0 Å². The Morgan fingerprint density at radius 3 is 1.97 bits per heavy atom. The first-order valence-corrected chi connectivity index (χ1v) is 9.30. The summed E-state index contributed by atoms with van der Waals surface area (Å²) in [7, 11) is 0. The lowest BCUT2D eigenvalue weighted by molar-refractivity contribution is 0.474. The molecule has 3 aromatic rings. The summed E-state index contributed by atoms with van der Waals surface area (Å²) in [5.74, 6) is -0.207. The Labute approximate surface area is 168 Å². The minimum absolute atomic E-state index is 0.118. The Morgan fingerprint density at radius 2 is 1.34 bits per heavy atom. The van der Waals surface area contributed by atoms with E-state index in [0.29, 0.717) is 28.4 Å². The summed E-state index contributed by atoms with van der Waals surface area (Å²) in [4.78, 5) is 4.72. The predicted molar refractivity (Wildman–Crippen MR) is 115 cm³/mol. The third-order valence-electron chi connectivity index (χ3n) is 4.81. The molecule has 0 bridgehead atoms. The Balaban J connectivity index is 1.86. The Hall–Kier alpha value is -3.60. The molecule has 144 valence electrons. The van der Waals surface area contributed by atoms with Crippen molar-refractivity contribution < 1.29 is 9.50 Å². The molecule has 0 saturated heterocycles. The van der Waals surface area contributed by atoms with Gasteiger partial charge >= 0.3 is 0 Å². The number of aromatic hydroxyl groups is 1. The lowest BCUT2D eigenvalue weighted by Gasteiger charge is -2.11. The number of benzene rings is 3. The third kappa shape index (κ3) is 3.72. The van der Waals surface area contributed by atoms with Gasteiger partial charge in [-0.25, -0.2) is 9.38 Å². The number of phenols is 1. The van der Waals surface area contributed by atoms with Crippen LogP contribution < -0.4 is 0 Å². The summed E-state index contributed by atoms with van der Waals surface area (Å²) in [6.07, 6.45) is 0. The van der Waals surface area contributed by atoms with E-state index in [0.717, 1.165) is 22.3 Å². The van der Waals surface area contributed by atoms with E-state index < -0.39 is 0 Å². The third-order valence-corrected chi connectivity index (χ3v) is 4.81. The van der Waals surface area contributed by atoms with Crippen LogP contribution in [0.2, 0.25) is 0 Å². The maximum absolute atomic E-state index is 13.3. The van der Waals surface area contributed by atoms with Gasteiger partial charge in [0, 0.05) is 11.1 Å². The van der Waals surface area contributed by atoms with Crippen LogP contribution in [0.1, 0.15) is 27.8 Å². The van der Waals surface area contributed by atoms with E-state index in [1.54, 1.807) is 18.2 Å². The van der Waals surface area contributed by atoms with Crippen LogP contribution in [-0.2, 0) is 0 Å². The number of hydrogen-bond acceptors (Lipinski definition) is 4. The highest BCUT2D eigenvalue weighted by Gasteiger charge is 2.27. The smallest absolute Gasteiger partial charge is 0.125 e. The molecule has 0 aliphatic carbocycles. The molecule has 0 spiro atoms. The topological polar surface area (TPSA) is 57.3 Å². The summed E-state index contributed by atoms with van der Waals surface area (Å²) >= 11 is 0. The van der Waals surface area contributed by atoms with Crippen molar-refractivity contribution in [1.29, 1.82) is 0 Å². The second-order valence-electron chi connectivity index (χ2n) is 7.17. The SMILES string of the molecule is Cc1ccc(C2=NN=C(c3ccc(C)cc3O)C2=Nc2ccc(F)cc2)c(C)c1. The predicted octanol–water partition coefficient (Wildman–Crippen LogP) is 5.44. The first kappa shape index (κ1) is 18.7. The molecule has 1 aliphatic rings. The Bertz CT molecular complexity index is 1120. The Morgan fingerprint density at radius 1 is 0.759 bits per heavy atom. The molecule has 1 heterocycles. The average molecular weight is 385 g/mol. The molecule has 0 saturated carbocycles. The number of aryl methyl sites for hydroxylation is 3. The second-order valence-corrected chi connectivity index (χ2v) is 7.17. The summed E-state index contributed by atoms with van der Waals surface area (Å²) in [5.41, 5.74) is 6.87. The Kier molecular flexibility index (Phi) is 4.80. The van der Waals surface area contributed by atoms with E-state index in [4.69, 9.17) is 4.99 Å². The van der Waals surface area contributed by atoms with E-state index in [-0.39, 0.29) is 11.6 Å². The van der Waals surface area contributed by atoms with Crippen molar-refractivity contribution in [2.24, 2.45) is 15.2 Å². The first-order chi connectivity index (χ1) is 13.9. The van der Waals surface area contributed by atoms with Crippen molar-refractivity contribution in [2.45, 2.75) is 20.8 Å². The maximum atomic E-state index is 13.3. The number of halogens is 1. The maximum Gasteiger partial charge on any atom is 0.125 e. The molecule has 0 amide bonds. The zero-order valence-electron chi connectivity index (χ0n) is 16.4. The molecule has 4 rings (SSSR count). The van der Waals surface area contributed by atoms with Crippen LogP contribution in [0, 0.1) is 26.6 Å². The monoisotopic (exact) mass is 385 g/mol. The lowest BCUT2D eigenvalue weighted by atomic mass is 9.94. The van der Waals surface area contributed by atoms with Gasteiger partial charge in [-0.15, -0.1) is 10.2 Å². The molecular formula is C24H20FN3O. The molecule has 3 aromatic carbocycles. The fourth-order valence-corrected chi connectivity index (χ4v) is 3.34. The molecule has 1 aliphatic heterocycles. The molecule has 0 aromatic heterocycles. The fraction of sp³-hybridized carbons (Fsp3) is 0.125. The second kappa shape index (κ2) is 7.43. The van der Waals surface area contributed by atoms with Gasteiger partial charge < -0.3 is 5.11 Å². The molecule has 0 unspecified atom stereocenters. The van der Waals surface area contributed by atoms with Gasteiger partial charge in [0.25, 0.3) is 0 Å². The fourth-order valence-electron chi connectivity index (χ4n) is 3.34. The number of nitrogens with zero attached hydrogens (tertiary/aromatic N) is 3. The highest BCUT2D eigenvalue weighted by Crippen LogP contribution is 2.26. The van der Waals surface area contributed by atoms with Crippen LogP contribution in [0.5, 0.6) is 5.75 Å². The van der Waals surface area contributed by atoms with Crippen LogP contribution in [0.25, 0.3) is 0 Å². The van der Waals surface area contributed by atoms with Gasteiger partial charge in [-0.3, -0.25) is 0 Å². The number of phenolic OH excluding ortho intramolecular Hbond substituents is 1. The molecule has 1 N–H and O–H groups in total. The first-order valence-electron chi connectivity index (χ1n) is 9.30. The van der Waals surface area contributed by atoms with Gasteiger partial charge in [0.2, 0.25) is 0 Å².